The molecule has 0 spiro atoms. The van der Waals surface area contributed by atoms with Crippen LogP contribution in [-0.4, -0.2) is 30.4 Å². The van der Waals surface area contributed by atoms with Crippen molar-refractivity contribution in [1.82, 2.24) is 0 Å². The number of hydrogen-bond donors (Lipinski definition) is 0. The molecule has 0 bridgehead atoms. The summed E-state index contributed by atoms with van der Waals surface area (Å²) in [6, 6.07) is 6.04. The summed E-state index contributed by atoms with van der Waals surface area (Å²) < 4.78 is 9.65. The molecule has 0 amide bonds. The fraction of sp³-hybridized carbons (Fsp3) is 0.214. The molecule has 6 heteroatoms. The van der Waals surface area contributed by atoms with Crippen LogP contribution in [0.25, 0.3) is 0 Å². The van der Waals surface area contributed by atoms with Crippen molar-refractivity contribution in [1.29, 1.82) is 0 Å². The third-order valence-corrected chi connectivity index (χ3v) is 2.43. The normalized spacial score (nSPS) is 10.3. The van der Waals surface area contributed by atoms with Crippen LogP contribution in [0.3, 0.4) is 0 Å². The zero-order valence-corrected chi connectivity index (χ0v) is 11.6. The molecule has 0 unspecified atom stereocenters. The minimum Gasteiger partial charge on any atom is -0.459 e. The fourth-order valence-electron chi connectivity index (χ4n) is 1.37. The fourth-order valence-corrected chi connectivity index (χ4v) is 1.54. The molecular formula is C14H13ClO5. The standard InChI is InChI=1S/C14H13ClO5/c1-2-5-12(16)19-8-9-20-14(18)11-7-4-3-6-10(11)13(15)17/h2-7H,8-9H2,1H3. The molecule has 0 saturated heterocycles. The van der Waals surface area contributed by atoms with E-state index in [4.69, 9.17) is 21.1 Å². The van der Waals surface area contributed by atoms with Gasteiger partial charge in [-0.25, -0.2) is 9.59 Å². The largest absolute Gasteiger partial charge is 0.459 e. The van der Waals surface area contributed by atoms with E-state index in [1.807, 2.05) is 0 Å². The molecule has 0 fully saturated rings. The molecule has 0 atom stereocenters. The predicted molar refractivity (Wildman–Crippen MR) is 72.7 cm³/mol. The summed E-state index contributed by atoms with van der Waals surface area (Å²) in [6.07, 6.45) is 2.79. The van der Waals surface area contributed by atoms with Gasteiger partial charge in [0.15, 0.2) is 0 Å². The van der Waals surface area contributed by atoms with Gasteiger partial charge in [0.25, 0.3) is 5.24 Å². The average Bonchev–Trinajstić information content (AvgIpc) is 2.43. The van der Waals surface area contributed by atoms with E-state index < -0.39 is 17.2 Å². The first kappa shape index (κ1) is 15.9. The number of allylic oxidation sites excluding steroid dienone is 1. The van der Waals surface area contributed by atoms with Gasteiger partial charge in [-0.05, 0) is 30.7 Å². The van der Waals surface area contributed by atoms with Crippen LogP contribution in [0.1, 0.15) is 27.6 Å². The van der Waals surface area contributed by atoms with E-state index in [0.29, 0.717) is 0 Å². The van der Waals surface area contributed by atoms with Crippen molar-refractivity contribution in [3.8, 4) is 0 Å². The highest BCUT2D eigenvalue weighted by Gasteiger charge is 2.16. The van der Waals surface area contributed by atoms with E-state index in [1.54, 1.807) is 19.1 Å². The number of ether oxygens (including phenoxy) is 2. The van der Waals surface area contributed by atoms with Crippen molar-refractivity contribution >= 4 is 28.8 Å². The van der Waals surface area contributed by atoms with Crippen LogP contribution >= 0.6 is 11.6 Å². The first-order valence-electron chi connectivity index (χ1n) is 5.81. The lowest BCUT2D eigenvalue weighted by Crippen LogP contribution is -2.14. The highest BCUT2D eigenvalue weighted by atomic mass is 35.5. The maximum Gasteiger partial charge on any atom is 0.339 e. The molecule has 0 aliphatic rings. The van der Waals surface area contributed by atoms with Gasteiger partial charge in [-0.3, -0.25) is 4.79 Å². The van der Waals surface area contributed by atoms with Gasteiger partial charge >= 0.3 is 11.9 Å². The Balaban J connectivity index is 2.52. The van der Waals surface area contributed by atoms with Crippen molar-refractivity contribution in [2.75, 3.05) is 13.2 Å². The minimum absolute atomic E-state index is 0.0636. The quantitative estimate of drug-likeness (QED) is 0.349. The number of benzene rings is 1. The Kier molecular flexibility index (Phi) is 6.46. The van der Waals surface area contributed by atoms with Gasteiger partial charge in [-0.15, -0.1) is 0 Å². The number of carbonyl (C=O) groups is 3. The van der Waals surface area contributed by atoms with Gasteiger partial charge < -0.3 is 9.47 Å². The van der Waals surface area contributed by atoms with Crippen LogP contribution in [-0.2, 0) is 14.3 Å². The summed E-state index contributed by atoms with van der Waals surface area (Å²) in [4.78, 5) is 33.9. The van der Waals surface area contributed by atoms with Crippen LogP contribution in [0, 0.1) is 0 Å². The van der Waals surface area contributed by atoms with Crippen molar-refractivity contribution in [3.63, 3.8) is 0 Å². The molecule has 0 heterocycles. The average molecular weight is 297 g/mol. The second-order valence-electron chi connectivity index (χ2n) is 3.62. The monoisotopic (exact) mass is 296 g/mol. The highest BCUT2D eigenvalue weighted by molar-refractivity contribution is 6.68. The lowest BCUT2D eigenvalue weighted by Gasteiger charge is -2.07. The van der Waals surface area contributed by atoms with Crippen molar-refractivity contribution < 1.29 is 23.9 Å². The Bertz CT molecular complexity index is 536. The number of halogens is 1. The SMILES string of the molecule is CC=CC(=O)OCCOC(=O)c1ccccc1C(=O)Cl. The van der Waals surface area contributed by atoms with E-state index in [9.17, 15) is 14.4 Å². The number of esters is 2. The molecule has 0 aliphatic carbocycles. The molecule has 0 aromatic heterocycles. The molecule has 1 aromatic rings. The first-order valence-corrected chi connectivity index (χ1v) is 6.19. The zero-order valence-electron chi connectivity index (χ0n) is 10.8. The van der Waals surface area contributed by atoms with E-state index >= 15 is 0 Å². The van der Waals surface area contributed by atoms with Crippen LogP contribution < -0.4 is 0 Å². The lowest BCUT2D eigenvalue weighted by molar-refractivity contribution is -0.138. The second-order valence-corrected chi connectivity index (χ2v) is 3.97. The Labute approximate surface area is 121 Å². The molecule has 1 rings (SSSR count). The van der Waals surface area contributed by atoms with Crippen molar-refractivity contribution in [3.05, 3.63) is 47.5 Å². The third-order valence-electron chi connectivity index (χ3n) is 2.22. The van der Waals surface area contributed by atoms with E-state index in [-0.39, 0.29) is 24.3 Å². The molecular weight excluding hydrogens is 284 g/mol. The summed E-state index contributed by atoms with van der Waals surface area (Å²) in [5, 5.41) is -0.739. The minimum atomic E-state index is -0.739. The van der Waals surface area contributed by atoms with Gasteiger partial charge in [0, 0.05) is 11.6 Å². The molecule has 0 aliphatic heterocycles. The smallest absolute Gasteiger partial charge is 0.339 e. The Hall–Kier alpha value is -2.14. The number of carbonyl (C=O) groups excluding carboxylic acids is 3. The third kappa shape index (κ3) is 4.85. The predicted octanol–water partition coefficient (Wildman–Crippen LogP) is 2.34. The molecule has 1 aromatic carbocycles. The van der Waals surface area contributed by atoms with Crippen LogP contribution in [0.4, 0.5) is 0 Å². The lowest BCUT2D eigenvalue weighted by atomic mass is 10.1. The highest BCUT2D eigenvalue weighted by Crippen LogP contribution is 2.12. The number of hydrogen-bond acceptors (Lipinski definition) is 5. The topological polar surface area (TPSA) is 69.7 Å². The Morgan fingerprint density at radius 2 is 1.70 bits per heavy atom. The molecule has 106 valence electrons. The van der Waals surface area contributed by atoms with Gasteiger partial charge in [0.2, 0.25) is 0 Å². The maximum absolute atomic E-state index is 11.8. The van der Waals surface area contributed by atoms with Crippen LogP contribution in [0.5, 0.6) is 0 Å². The summed E-state index contributed by atoms with van der Waals surface area (Å²) >= 11 is 5.37. The van der Waals surface area contributed by atoms with Crippen molar-refractivity contribution in [2.24, 2.45) is 0 Å². The van der Waals surface area contributed by atoms with Crippen LogP contribution in [0.15, 0.2) is 36.4 Å². The second kappa shape index (κ2) is 8.12. The molecule has 0 N–H and O–H groups in total. The van der Waals surface area contributed by atoms with Gasteiger partial charge in [0.05, 0.1) is 5.56 Å². The van der Waals surface area contributed by atoms with Crippen LogP contribution in [0.2, 0.25) is 0 Å². The van der Waals surface area contributed by atoms with E-state index in [0.717, 1.165) is 0 Å². The van der Waals surface area contributed by atoms with Gasteiger partial charge in [0.1, 0.15) is 13.2 Å². The zero-order chi connectivity index (χ0) is 15.0. The Morgan fingerprint density at radius 3 is 2.30 bits per heavy atom. The number of rotatable bonds is 6. The first-order chi connectivity index (χ1) is 9.56. The van der Waals surface area contributed by atoms with Gasteiger partial charge in [-0.1, -0.05) is 18.2 Å². The Morgan fingerprint density at radius 1 is 1.10 bits per heavy atom. The van der Waals surface area contributed by atoms with E-state index in [2.05, 4.69) is 0 Å². The summed E-state index contributed by atoms with van der Waals surface area (Å²) in [5.74, 6) is -1.21. The summed E-state index contributed by atoms with van der Waals surface area (Å²) in [7, 11) is 0. The van der Waals surface area contributed by atoms with Crippen molar-refractivity contribution in [2.45, 2.75) is 6.92 Å². The summed E-state index contributed by atoms with van der Waals surface area (Å²) in [6.45, 7) is 1.51. The van der Waals surface area contributed by atoms with Gasteiger partial charge in [-0.2, -0.15) is 0 Å². The van der Waals surface area contributed by atoms with E-state index in [1.165, 1.54) is 24.3 Å². The maximum atomic E-state index is 11.8. The summed E-state index contributed by atoms with van der Waals surface area (Å²) in [5.41, 5.74) is 0.150. The molecule has 20 heavy (non-hydrogen) atoms. The molecule has 0 saturated carbocycles. The molecule has 0 radical (unpaired) electrons. The molecule has 5 nitrogen and oxygen atoms in total.